The second-order valence-electron chi connectivity index (χ2n) is 5.27. The largest absolute Gasteiger partial charge is 0.364 e. The van der Waals surface area contributed by atoms with Gasteiger partial charge in [-0.25, -0.2) is 4.79 Å². The maximum absolute atomic E-state index is 12.3. The second-order valence-corrected chi connectivity index (χ2v) is 5.27. The number of nitrogens with one attached hydrogen (secondary N) is 2. The Hall–Kier alpha value is -1.14. The number of imide groups is 1. The molecule has 6 nitrogen and oxygen atoms in total. The second kappa shape index (κ2) is 5.24. The van der Waals surface area contributed by atoms with E-state index >= 15 is 0 Å². The third-order valence-corrected chi connectivity index (χ3v) is 3.67. The molecule has 2 N–H and O–H groups in total. The van der Waals surface area contributed by atoms with Crippen LogP contribution in [0.4, 0.5) is 4.79 Å². The fraction of sp³-hybridized carbons (Fsp3) is 0.833. The van der Waals surface area contributed by atoms with Gasteiger partial charge in [0.1, 0.15) is 25.3 Å². The van der Waals surface area contributed by atoms with Gasteiger partial charge >= 0.3 is 6.03 Å². The quantitative estimate of drug-likeness (QED) is 0.640. The lowest BCUT2D eigenvalue weighted by Crippen LogP contribution is -3.19. The minimum Gasteiger partial charge on any atom is -0.364 e. The van der Waals surface area contributed by atoms with Crippen LogP contribution in [0.3, 0.4) is 0 Å². The molecule has 0 radical (unpaired) electrons. The zero-order valence-electron chi connectivity index (χ0n) is 11.2. The van der Waals surface area contributed by atoms with Gasteiger partial charge in [0.05, 0.1) is 0 Å². The number of urea groups is 1. The topological polar surface area (TPSA) is 63.1 Å². The number of hydrogen-bond acceptors (Lipinski definition) is 3. The van der Waals surface area contributed by atoms with E-state index in [1.165, 1.54) is 9.80 Å². The van der Waals surface area contributed by atoms with Gasteiger partial charge in [0, 0.05) is 13.1 Å². The first-order valence-electron chi connectivity index (χ1n) is 6.58. The number of rotatable bonds is 2. The molecule has 2 heterocycles. The van der Waals surface area contributed by atoms with Crippen molar-refractivity contribution >= 4 is 11.9 Å². The SMILES string of the molecule is C[C@H]1C[NH+]([C@@H](C)C(=O)N2CCNC2=O)C[C@H](C)O1. The van der Waals surface area contributed by atoms with Crippen LogP contribution in [-0.2, 0) is 9.53 Å². The summed E-state index contributed by atoms with van der Waals surface area (Å²) in [5.74, 6) is -0.0821. The van der Waals surface area contributed by atoms with Gasteiger partial charge in [0.2, 0.25) is 0 Å². The van der Waals surface area contributed by atoms with Gasteiger partial charge < -0.3 is 15.0 Å². The van der Waals surface area contributed by atoms with Crippen molar-refractivity contribution in [3.05, 3.63) is 0 Å². The molecule has 2 aliphatic heterocycles. The number of ether oxygens (including phenoxy) is 1. The highest BCUT2D eigenvalue weighted by Gasteiger charge is 2.38. The molecule has 0 aromatic heterocycles. The molecule has 6 heteroatoms. The van der Waals surface area contributed by atoms with Crippen LogP contribution in [0.1, 0.15) is 20.8 Å². The maximum atomic E-state index is 12.3. The standard InChI is InChI=1S/C12H21N3O3/c1-8-6-14(7-9(2)18-8)10(3)11(16)15-5-4-13-12(15)17/h8-10H,4-7H2,1-3H3,(H,13,17)/p+1/t8-,9-,10-/m0/s1. The molecule has 2 saturated heterocycles. The van der Waals surface area contributed by atoms with E-state index in [1.807, 2.05) is 20.8 Å². The number of amides is 3. The summed E-state index contributed by atoms with van der Waals surface area (Å²) in [4.78, 5) is 26.3. The van der Waals surface area contributed by atoms with Crippen LogP contribution in [0.25, 0.3) is 0 Å². The number of carbonyl (C=O) groups is 2. The van der Waals surface area contributed by atoms with Gasteiger partial charge in [0.15, 0.2) is 6.04 Å². The van der Waals surface area contributed by atoms with Crippen molar-refractivity contribution in [2.24, 2.45) is 0 Å². The van der Waals surface area contributed by atoms with Crippen LogP contribution in [0.5, 0.6) is 0 Å². The van der Waals surface area contributed by atoms with Crippen molar-refractivity contribution < 1.29 is 19.2 Å². The molecule has 0 spiro atoms. The molecule has 2 fully saturated rings. The minimum atomic E-state index is -0.263. The maximum Gasteiger partial charge on any atom is 0.324 e. The average molecular weight is 256 g/mol. The summed E-state index contributed by atoms with van der Waals surface area (Å²) in [6.07, 6.45) is 0.317. The van der Waals surface area contributed by atoms with Crippen LogP contribution < -0.4 is 10.2 Å². The summed E-state index contributed by atoms with van der Waals surface area (Å²) in [6.45, 7) is 8.61. The highest BCUT2D eigenvalue weighted by Crippen LogP contribution is 2.03. The zero-order chi connectivity index (χ0) is 13.3. The van der Waals surface area contributed by atoms with Crippen molar-refractivity contribution in [1.29, 1.82) is 0 Å². The van der Waals surface area contributed by atoms with Crippen LogP contribution >= 0.6 is 0 Å². The number of morpholine rings is 1. The lowest BCUT2D eigenvalue weighted by Gasteiger charge is -2.36. The van der Waals surface area contributed by atoms with Gasteiger partial charge in [-0.3, -0.25) is 9.69 Å². The van der Waals surface area contributed by atoms with E-state index in [2.05, 4.69) is 5.32 Å². The smallest absolute Gasteiger partial charge is 0.324 e. The normalized spacial score (nSPS) is 34.3. The Morgan fingerprint density at radius 1 is 1.44 bits per heavy atom. The molecule has 18 heavy (non-hydrogen) atoms. The van der Waals surface area contributed by atoms with E-state index < -0.39 is 0 Å². The van der Waals surface area contributed by atoms with Gasteiger partial charge in [-0.15, -0.1) is 0 Å². The molecule has 3 amide bonds. The first kappa shape index (κ1) is 13.3. The Bertz CT molecular complexity index is 337. The molecule has 0 aliphatic carbocycles. The number of quaternary nitrogens is 1. The van der Waals surface area contributed by atoms with E-state index in [-0.39, 0.29) is 30.2 Å². The molecule has 0 unspecified atom stereocenters. The summed E-state index contributed by atoms with van der Waals surface area (Å²) in [6, 6.07) is -0.455. The molecule has 0 aromatic rings. The number of carbonyl (C=O) groups excluding carboxylic acids is 2. The Morgan fingerprint density at radius 3 is 2.56 bits per heavy atom. The third kappa shape index (κ3) is 2.64. The fourth-order valence-electron chi connectivity index (χ4n) is 2.76. The molecule has 2 aliphatic rings. The lowest BCUT2D eigenvalue weighted by molar-refractivity contribution is -0.928. The van der Waals surface area contributed by atoms with Crippen LogP contribution in [0, 0.1) is 0 Å². The Kier molecular flexibility index (Phi) is 3.87. The first-order valence-corrected chi connectivity index (χ1v) is 6.58. The molecular formula is C12H22N3O3+. The van der Waals surface area contributed by atoms with E-state index in [1.54, 1.807) is 0 Å². The molecule has 3 atom stereocenters. The summed E-state index contributed by atoms with van der Waals surface area (Å²) in [7, 11) is 0. The molecule has 0 aromatic carbocycles. The number of nitrogens with zero attached hydrogens (tertiary/aromatic N) is 1. The summed E-state index contributed by atoms with van der Waals surface area (Å²) in [5.41, 5.74) is 0. The van der Waals surface area contributed by atoms with E-state index in [4.69, 9.17) is 4.74 Å². The summed E-state index contributed by atoms with van der Waals surface area (Å²) >= 11 is 0. The predicted molar refractivity (Wildman–Crippen MR) is 65.3 cm³/mol. The molecular weight excluding hydrogens is 234 g/mol. The van der Waals surface area contributed by atoms with E-state index in [9.17, 15) is 9.59 Å². The van der Waals surface area contributed by atoms with Crippen molar-refractivity contribution in [1.82, 2.24) is 10.2 Å². The Morgan fingerprint density at radius 2 is 2.06 bits per heavy atom. The van der Waals surface area contributed by atoms with Crippen LogP contribution in [-0.4, -0.2) is 61.3 Å². The van der Waals surface area contributed by atoms with Crippen LogP contribution in [0.2, 0.25) is 0 Å². The monoisotopic (exact) mass is 256 g/mol. The molecule has 0 saturated carbocycles. The molecule has 102 valence electrons. The van der Waals surface area contributed by atoms with E-state index in [0.717, 1.165) is 13.1 Å². The minimum absolute atomic E-state index is 0.0821. The first-order chi connectivity index (χ1) is 8.49. The average Bonchev–Trinajstić information content (AvgIpc) is 2.72. The van der Waals surface area contributed by atoms with E-state index in [0.29, 0.717) is 13.1 Å². The van der Waals surface area contributed by atoms with Gasteiger partial charge in [-0.2, -0.15) is 0 Å². The molecule has 0 bridgehead atoms. The van der Waals surface area contributed by atoms with Gasteiger partial charge in [0.25, 0.3) is 5.91 Å². The predicted octanol–water partition coefficient (Wildman–Crippen LogP) is -1.38. The van der Waals surface area contributed by atoms with Crippen LogP contribution in [0.15, 0.2) is 0 Å². The summed E-state index contributed by atoms with van der Waals surface area (Å²) < 4.78 is 5.67. The highest BCUT2D eigenvalue weighted by molar-refractivity contribution is 5.97. The molecule has 2 rings (SSSR count). The Balaban J connectivity index is 1.99. The Labute approximate surface area is 107 Å². The number of hydrogen-bond donors (Lipinski definition) is 2. The highest BCUT2D eigenvalue weighted by atomic mass is 16.5. The van der Waals surface area contributed by atoms with Crippen molar-refractivity contribution in [3.63, 3.8) is 0 Å². The lowest BCUT2D eigenvalue weighted by atomic mass is 10.1. The third-order valence-electron chi connectivity index (χ3n) is 3.67. The van der Waals surface area contributed by atoms with Crippen molar-refractivity contribution in [2.45, 2.75) is 39.0 Å². The fourth-order valence-corrected chi connectivity index (χ4v) is 2.76. The summed E-state index contributed by atoms with van der Waals surface area (Å²) in [5, 5.41) is 2.66. The van der Waals surface area contributed by atoms with Gasteiger partial charge in [-0.05, 0) is 20.8 Å². The van der Waals surface area contributed by atoms with Crippen molar-refractivity contribution in [2.75, 3.05) is 26.2 Å². The van der Waals surface area contributed by atoms with Crippen molar-refractivity contribution in [3.8, 4) is 0 Å². The zero-order valence-corrected chi connectivity index (χ0v) is 11.2. The van der Waals surface area contributed by atoms with Gasteiger partial charge in [-0.1, -0.05) is 0 Å².